The number of hydrogen-bond donors (Lipinski definition) is 1. The van der Waals surface area contributed by atoms with Crippen molar-refractivity contribution in [3.63, 3.8) is 0 Å². The predicted octanol–water partition coefficient (Wildman–Crippen LogP) is 3.98. The average Bonchev–Trinajstić information content (AvgIpc) is 3.44. The van der Waals surface area contributed by atoms with E-state index in [9.17, 15) is 0 Å². The zero-order chi connectivity index (χ0) is 20.6. The summed E-state index contributed by atoms with van der Waals surface area (Å²) in [6.07, 6.45) is 8.85. The van der Waals surface area contributed by atoms with Gasteiger partial charge in [-0.25, -0.2) is 4.98 Å². The van der Waals surface area contributed by atoms with Crippen LogP contribution in [0, 0.1) is 0 Å². The highest BCUT2D eigenvalue weighted by molar-refractivity contribution is 5.64. The second kappa shape index (κ2) is 9.89. The van der Waals surface area contributed by atoms with Gasteiger partial charge in [-0.05, 0) is 30.7 Å². The second-order valence-corrected chi connectivity index (χ2v) is 7.25. The van der Waals surface area contributed by atoms with Crippen LogP contribution < -0.4 is 10.1 Å². The third-order valence-corrected chi connectivity index (χ3v) is 5.01. The first-order valence-electron chi connectivity index (χ1n) is 10.2. The van der Waals surface area contributed by atoms with E-state index < -0.39 is 0 Å². The molecule has 0 saturated carbocycles. The van der Waals surface area contributed by atoms with Crippen LogP contribution in [0.25, 0.3) is 11.3 Å². The first-order chi connectivity index (χ1) is 14.8. The highest BCUT2D eigenvalue weighted by Gasteiger charge is 2.12. The van der Waals surface area contributed by atoms with Gasteiger partial charge in [-0.2, -0.15) is 5.10 Å². The van der Waals surface area contributed by atoms with Gasteiger partial charge < -0.3 is 14.6 Å². The van der Waals surface area contributed by atoms with Crippen molar-refractivity contribution in [2.75, 3.05) is 13.7 Å². The maximum Gasteiger partial charge on any atom is 0.119 e. The number of hydrogen-bond acceptors (Lipinski definition) is 4. The number of rotatable bonds is 10. The van der Waals surface area contributed by atoms with E-state index in [1.807, 2.05) is 47.7 Å². The summed E-state index contributed by atoms with van der Waals surface area (Å²) in [5.41, 5.74) is 4.47. The number of aromatic nitrogens is 4. The molecule has 0 atom stereocenters. The largest absolute Gasteiger partial charge is 0.497 e. The summed E-state index contributed by atoms with van der Waals surface area (Å²) in [6, 6.07) is 18.5. The molecule has 0 unspecified atom stereocenters. The number of ether oxygens (including phenoxy) is 1. The smallest absolute Gasteiger partial charge is 0.119 e. The Bertz CT molecular complexity index is 1040. The lowest BCUT2D eigenvalue weighted by Crippen LogP contribution is -2.16. The number of nitrogens with one attached hydrogen (secondary N) is 1. The fourth-order valence-corrected chi connectivity index (χ4v) is 3.49. The average molecular weight is 402 g/mol. The molecular formula is C24H27N5O. The lowest BCUT2D eigenvalue weighted by molar-refractivity contribution is 0.415. The van der Waals surface area contributed by atoms with Crippen LogP contribution in [0.4, 0.5) is 0 Å². The number of aryl methyl sites for hydroxylation is 1. The highest BCUT2D eigenvalue weighted by atomic mass is 16.5. The van der Waals surface area contributed by atoms with E-state index in [0.29, 0.717) is 0 Å². The molecule has 4 aromatic rings. The monoisotopic (exact) mass is 401 g/mol. The predicted molar refractivity (Wildman–Crippen MR) is 118 cm³/mol. The van der Waals surface area contributed by atoms with Crippen molar-refractivity contribution < 1.29 is 4.74 Å². The highest BCUT2D eigenvalue weighted by Crippen LogP contribution is 2.26. The molecule has 0 fully saturated rings. The first kappa shape index (κ1) is 19.9. The normalized spacial score (nSPS) is 11.0. The van der Waals surface area contributed by atoms with Gasteiger partial charge in [0.1, 0.15) is 5.75 Å². The SMILES string of the molecule is COc1cccc(-c2nn(Cc3ccccc3)cc2CNCCCn2ccnc2)c1. The van der Waals surface area contributed by atoms with Gasteiger partial charge in [0.05, 0.1) is 25.7 Å². The third-order valence-electron chi connectivity index (χ3n) is 5.01. The zero-order valence-electron chi connectivity index (χ0n) is 17.2. The van der Waals surface area contributed by atoms with Gasteiger partial charge in [-0.3, -0.25) is 4.68 Å². The summed E-state index contributed by atoms with van der Waals surface area (Å²) < 4.78 is 9.53. The molecule has 0 spiro atoms. The molecular weight excluding hydrogens is 374 g/mol. The van der Waals surface area contributed by atoms with Gasteiger partial charge >= 0.3 is 0 Å². The Kier molecular flexibility index (Phi) is 6.57. The van der Waals surface area contributed by atoms with Crippen LogP contribution in [0.2, 0.25) is 0 Å². The molecule has 0 aliphatic carbocycles. The molecule has 0 radical (unpaired) electrons. The van der Waals surface area contributed by atoms with Crippen LogP contribution in [0.15, 0.2) is 79.5 Å². The summed E-state index contributed by atoms with van der Waals surface area (Å²) >= 11 is 0. The van der Waals surface area contributed by atoms with Crippen molar-refractivity contribution in [1.29, 1.82) is 0 Å². The molecule has 0 bridgehead atoms. The van der Waals surface area contributed by atoms with E-state index in [0.717, 1.165) is 49.6 Å². The van der Waals surface area contributed by atoms with Gasteiger partial charge in [0.15, 0.2) is 0 Å². The summed E-state index contributed by atoms with van der Waals surface area (Å²) in [4.78, 5) is 4.09. The molecule has 0 aliphatic heterocycles. The van der Waals surface area contributed by atoms with E-state index in [1.165, 1.54) is 11.1 Å². The quantitative estimate of drug-likeness (QED) is 0.408. The minimum Gasteiger partial charge on any atom is -0.497 e. The summed E-state index contributed by atoms with van der Waals surface area (Å²) in [5.74, 6) is 0.837. The lowest BCUT2D eigenvalue weighted by Gasteiger charge is -2.07. The number of nitrogens with zero attached hydrogens (tertiary/aromatic N) is 4. The molecule has 2 aromatic heterocycles. The molecule has 6 nitrogen and oxygen atoms in total. The van der Waals surface area contributed by atoms with Gasteiger partial charge in [0.2, 0.25) is 0 Å². The molecule has 0 saturated heterocycles. The molecule has 2 heterocycles. The van der Waals surface area contributed by atoms with Gasteiger partial charge in [0, 0.05) is 42.8 Å². The Morgan fingerprint density at radius 3 is 2.77 bits per heavy atom. The molecule has 154 valence electrons. The Balaban J connectivity index is 1.47. The Morgan fingerprint density at radius 2 is 1.97 bits per heavy atom. The first-order valence-corrected chi connectivity index (χ1v) is 10.2. The standard InChI is InChI=1S/C24H27N5O/c1-30-23-10-5-9-21(15-23)24-22(16-25-11-6-13-28-14-12-26-19-28)18-29(27-24)17-20-7-3-2-4-8-20/h2-5,7-10,12,14-15,18-19,25H,6,11,13,16-17H2,1H3. The topological polar surface area (TPSA) is 56.9 Å². The van der Waals surface area contributed by atoms with Gasteiger partial charge in [0.25, 0.3) is 0 Å². The molecule has 2 aromatic carbocycles. The fraction of sp³-hybridized carbons (Fsp3) is 0.250. The van der Waals surface area contributed by atoms with Crippen LogP contribution in [0.1, 0.15) is 17.5 Å². The number of imidazole rings is 1. The van der Waals surface area contributed by atoms with E-state index in [4.69, 9.17) is 9.84 Å². The zero-order valence-corrected chi connectivity index (χ0v) is 17.2. The second-order valence-electron chi connectivity index (χ2n) is 7.25. The molecule has 6 heteroatoms. The molecule has 30 heavy (non-hydrogen) atoms. The number of methoxy groups -OCH3 is 1. The minimum atomic E-state index is 0.748. The van der Waals surface area contributed by atoms with Crippen molar-refractivity contribution in [2.24, 2.45) is 0 Å². The van der Waals surface area contributed by atoms with E-state index in [-0.39, 0.29) is 0 Å². The minimum absolute atomic E-state index is 0.748. The summed E-state index contributed by atoms with van der Waals surface area (Å²) in [6.45, 7) is 3.41. The maximum absolute atomic E-state index is 5.41. The van der Waals surface area contributed by atoms with Crippen molar-refractivity contribution in [3.05, 3.63) is 90.6 Å². The van der Waals surface area contributed by atoms with Crippen molar-refractivity contribution in [2.45, 2.75) is 26.1 Å². The van der Waals surface area contributed by atoms with Gasteiger partial charge in [-0.1, -0.05) is 42.5 Å². The van der Waals surface area contributed by atoms with E-state index in [1.54, 1.807) is 7.11 Å². The molecule has 0 aliphatic rings. The molecule has 1 N–H and O–H groups in total. The molecule has 4 rings (SSSR count). The van der Waals surface area contributed by atoms with Gasteiger partial charge in [-0.15, -0.1) is 0 Å². The molecule has 0 amide bonds. The third kappa shape index (κ3) is 5.15. The Morgan fingerprint density at radius 1 is 1.07 bits per heavy atom. The Hall–Kier alpha value is -3.38. The Labute approximate surface area is 177 Å². The van der Waals surface area contributed by atoms with Crippen LogP contribution in [0.3, 0.4) is 0 Å². The van der Waals surface area contributed by atoms with Crippen LogP contribution in [-0.4, -0.2) is 33.0 Å². The fourth-order valence-electron chi connectivity index (χ4n) is 3.49. The summed E-state index contributed by atoms with van der Waals surface area (Å²) in [5, 5.41) is 8.46. The van der Waals surface area contributed by atoms with Crippen LogP contribution >= 0.6 is 0 Å². The summed E-state index contributed by atoms with van der Waals surface area (Å²) in [7, 11) is 1.69. The van der Waals surface area contributed by atoms with E-state index in [2.05, 4.69) is 51.4 Å². The lowest BCUT2D eigenvalue weighted by atomic mass is 10.1. The maximum atomic E-state index is 5.41. The van der Waals surface area contributed by atoms with Crippen molar-refractivity contribution in [1.82, 2.24) is 24.6 Å². The van der Waals surface area contributed by atoms with Crippen molar-refractivity contribution >= 4 is 0 Å². The number of benzene rings is 2. The van der Waals surface area contributed by atoms with Crippen LogP contribution in [-0.2, 0) is 19.6 Å². The van der Waals surface area contributed by atoms with Crippen molar-refractivity contribution in [3.8, 4) is 17.0 Å². The van der Waals surface area contributed by atoms with Crippen LogP contribution in [0.5, 0.6) is 5.75 Å². The van der Waals surface area contributed by atoms with E-state index >= 15 is 0 Å².